The van der Waals surface area contributed by atoms with Crippen LogP contribution in [0.2, 0.25) is 10.0 Å². The van der Waals surface area contributed by atoms with Gasteiger partial charge in [0.25, 0.3) is 0 Å². The summed E-state index contributed by atoms with van der Waals surface area (Å²) in [5, 5.41) is 0.976. The van der Waals surface area contributed by atoms with Crippen molar-refractivity contribution in [3.8, 4) is 5.69 Å². The van der Waals surface area contributed by atoms with Gasteiger partial charge in [-0.2, -0.15) is 0 Å². The van der Waals surface area contributed by atoms with Gasteiger partial charge in [-0.05, 0) is 56.3 Å². The molecule has 0 aliphatic rings. The summed E-state index contributed by atoms with van der Waals surface area (Å²) in [6.07, 6.45) is 1.83. The highest BCUT2D eigenvalue weighted by atomic mass is 79.9. The number of hydrogen-bond donors (Lipinski definition) is 0. The van der Waals surface area contributed by atoms with Crippen molar-refractivity contribution in [1.82, 2.24) is 4.57 Å². The van der Waals surface area contributed by atoms with Crippen LogP contribution in [0.1, 0.15) is 17.0 Å². The van der Waals surface area contributed by atoms with Crippen molar-refractivity contribution < 1.29 is 0 Å². The zero-order valence-electron chi connectivity index (χ0n) is 13.2. The number of halogens is 3. The van der Waals surface area contributed by atoms with Gasteiger partial charge >= 0.3 is 0 Å². The quantitative estimate of drug-likeness (QED) is 0.408. The summed E-state index contributed by atoms with van der Waals surface area (Å²) < 4.78 is 3.26. The third-order valence-corrected chi connectivity index (χ3v) is 5.17. The normalized spacial score (nSPS) is 11.4. The second kappa shape index (κ2) is 7.14. The van der Waals surface area contributed by atoms with E-state index in [4.69, 9.17) is 23.2 Å². The van der Waals surface area contributed by atoms with Crippen molar-refractivity contribution in [3.05, 3.63) is 80.0 Å². The van der Waals surface area contributed by atoms with Crippen LogP contribution < -0.4 is 0 Å². The molecule has 24 heavy (non-hydrogen) atoms. The van der Waals surface area contributed by atoms with Crippen LogP contribution in [0.25, 0.3) is 5.69 Å². The molecule has 0 aliphatic carbocycles. The zero-order chi connectivity index (χ0) is 17.3. The summed E-state index contributed by atoms with van der Waals surface area (Å²) in [5.41, 5.74) is 5.10. The van der Waals surface area contributed by atoms with Gasteiger partial charge in [-0.25, -0.2) is 0 Å². The maximum Gasteiger partial charge on any atom is 0.0848 e. The third-order valence-electron chi connectivity index (χ3n) is 3.83. The van der Waals surface area contributed by atoms with Gasteiger partial charge in [-0.15, -0.1) is 0 Å². The van der Waals surface area contributed by atoms with Crippen LogP contribution in [0.4, 0.5) is 5.69 Å². The van der Waals surface area contributed by atoms with Crippen LogP contribution in [0.5, 0.6) is 0 Å². The summed E-state index contributed by atoms with van der Waals surface area (Å²) >= 11 is 15.7. The van der Waals surface area contributed by atoms with Crippen molar-refractivity contribution in [2.24, 2.45) is 4.99 Å². The molecule has 5 heteroatoms. The standard InChI is InChI=1S/C19H15BrCl2N2/c1-12-10-14(11-23-18-5-3-4-17(21)19(18)22)13(2)24(12)16-8-6-15(20)7-9-16/h3-11H,1-2H3. The molecule has 0 fully saturated rings. The lowest BCUT2D eigenvalue weighted by molar-refractivity contribution is 0.964. The lowest BCUT2D eigenvalue weighted by atomic mass is 10.2. The van der Waals surface area contributed by atoms with Crippen LogP contribution in [0.15, 0.2) is 58.0 Å². The minimum atomic E-state index is 0.470. The van der Waals surface area contributed by atoms with Gasteiger partial charge in [-0.1, -0.05) is 45.2 Å². The first-order valence-electron chi connectivity index (χ1n) is 7.40. The van der Waals surface area contributed by atoms with E-state index in [0.29, 0.717) is 15.7 Å². The first-order chi connectivity index (χ1) is 11.5. The Morgan fingerprint density at radius 3 is 2.46 bits per heavy atom. The summed E-state index contributed by atoms with van der Waals surface area (Å²) in [5.74, 6) is 0. The molecule has 0 N–H and O–H groups in total. The Morgan fingerprint density at radius 1 is 1.04 bits per heavy atom. The second-order valence-corrected chi connectivity index (χ2v) is 7.17. The van der Waals surface area contributed by atoms with Gasteiger partial charge in [0.2, 0.25) is 0 Å². The predicted molar refractivity (Wildman–Crippen MR) is 107 cm³/mol. The molecule has 122 valence electrons. The predicted octanol–water partition coefficient (Wildman–Crippen LogP) is 6.91. The fraction of sp³-hybridized carbons (Fsp3) is 0.105. The van der Waals surface area contributed by atoms with Crippen LogP contribution >= 0.6 is 39.1 Å². The van der Waals surface area contributed by atoms with Crippen LogP contribution in [-0.2, 0) is 0 Å². The van der Waals surface area contributed by atoms with E-state index in [0.717, 1.165) is 27.1 Å². The Morgan fingerprint density at radius 2 is 1.75 bits per heavy atom. The van der Waals surface area contributed by atoms with Crippen molar-refractivity contribution in [3.63, 3.8) is 0 Å². The van der Waals surface area contributed by atoms with Crippen LogP contribution in [-0.4, -0.2) is 10.8 Å². The molecule has 0 unspecified atom stereocenters. The molecule has 3 rings (SSSR count). The van der Waals surface area contributed by atoms with Crippen molar-refractivity contribution in [2.45, 2.75) is 13.8 Å². The van der Waals surface area contributed by atoms with Gasteiger partial charge in [0.05, 0.1) is 15.7 Å². The average Bonchev–Trinajstić information content (AvgIpc) is 2.84. The number of aliphatic imine (C=N–C) groups is 1. The zero-order valence-corrected chi connectivity index (χ0v) is 16.3. The molecule has 0 saturated heterocycles. The van der Waals surface area contributed by atoms with Gasteiger partial charge in [0.15, 0.2) is 0 Å². The molecular weight excluding hydrogens is 407 g/mol. The molecule has 0 radical (unpaired) electrons. The van der Waals surface area contributed by atoms with Crippen LogP contribution in [0, 0.1) is 13.8 Å². The second-order valence-electron chi connectivity index (χ2n) is 5.47. The van der Waals surface area contributed by atoms with E-state index >= 15 is 0 Å². The molecule has 2 aromatic carbocycles. The molecule has 0 amide bonds. The van der Waals surface area contributed by atoms with Gasteiger partial charge < -0.3 is 4.57 Å². The maximum atomic E-state index is 6.19. The van der Waals surface area contributed by atoms with Gasteiger partial charge in [-0.3, -0.25) is 4.99 Å². The van der Waals surface area contributed by atoms with Crippen molar-refractivity contribution >= 4 is 51.0 Å². The summed E-state index contributed by atoms with van der Waals surface area (Å²) in [6, 6.07) is 15.8. The fourth-order valence-corrected chi connectivity index (χ4v) is 3.25. The monoisotopic (exact) mass is 420 g/mol. The largest absolute Gasteiger partial charge is 0.318 e. The lowest BCUT2D eigenvalue weighted by Crippen LogP contribution is -1.99. The van der Waals surface area contributed by atoms with Crippen molar-refractivity contribution in [2.75, 3.05) is 0 Å². The highest BCUT2D eigenvalue weighted by Gasteiger charge is 2.10. The minimum Gasteiger partial charge on any atom is -0.318 e. The Labute approximate surface area is 159 Å². The van der Waals surface area contributed by atoms with Crippen LogP contribution in [0.3, 0.4) is 0 Å². The molecule has 0 atom stereocenters. The van der Waals surface area contributed by atoms with Gasteiger partial charge in [0, 0.05) is 33.3 Å². The Balaban J connectivity index is 1.98. The van der Waals surface area contributed by atoms with E-state index in [-0.39, 0.29) is 0 Å². The van der Waals surface area contributed by atoms with E-state index in [1.165, 1.54) is 0 Å². The maximum absolute atomic E-state index is 6.19. The topological polar surface area (TPSA) is 17.3 Å². The Kier molecular flexibility index (Phi) is 5.14. The number of benzene rings is 2. The smallest absolute Gasteiger partial charge is 0.0848 e. The molecule has 2 nitrogen and oxygen atoms in total. The number of nitrogens with zero attached hydrogens (tertiary/aromatic N) is 2. The number of aromatic nitrogens is 1. The molecule has 0 aliphatic heterocycles. The summed E-state index contributed by atoms with van der Waals surface area (Å²) in [6.45, 7) is 4.16. The molecule has 0 spiro atoms. The number of rotatable bonds is 3. The van der Waals surface area contributed by atoms with E-state index in [9.17, 15) is 0 Å². The number of aryl methyl sites for hydroxylation is 1. The van der Waals surface area contributed by atoms with E-state index in [1.807, 2.05) is 30.5 Å². The fourth-order valence-electron chi connectivity index (χ4n) is 2.64. The molecule has 1 aromatic heterocycles. The Hall–Kier alpha value is -1.55. The SMILES string of the molecule is Cc1cc(C=Nc2cccc(Cl)c2Cl)c(C)n1-c1ccc(Br)cc1. The first-order valence-corrected chi connectivity index (χ1v) is 8.95. The lowest BCUT2D eigenvalue weighted by Gasteiger charge is -2.09. The molecule has 0 bridgehead atoms. The van der Waals surface area contributed by atoms with Gasteiger partial charge in [0.1, 0.15) is 0 Å². The summed E-state index contributed by atoms with van der Waals surface area (Å²) in [4.78, 5) is 4.50. The number of hydrogen-bond acceptors (Lipinski definition) is 1. The van der Waals surface area contributed by atoms with E-state index in [1.54, 1.807) is 6.07 Å². The highest BCUT2D eigenvalue weighted by Crippen LogP contribution is 2.32. The molecule has 1 heterocycles. The molecule has 3 aromatic rings. The highest BCUT2D eigenvalue weighted by molar-refractivity contribution is 9.10. The minimum absolute atomic E-state index is 0.470. The van der Waals surface area contributed by atoms with E-state index < -0.39 is 0 Å². The molecule has 0 saturated carbocycles. The Bertz CT molecular complexity index is 912. The van der Waals surface area contributed by atoms with E-state index in [2.05, 4.69) is 57.5 Å². The first kappa shape index (κ1) is 17.3. The molecular formula is C19H15BrCl2N2. The summed E-state index contributed by atoms with van der Waals surface area (Å²) in [7, 11) is 0. The third kappa shape index (κ3) is 3.44. The average molecular weight is 422 g/mol. The van der Waals surface area contributed by atoms with Crippen molar-refractivity contribution in [1.29, 1.82) is 0 Å².